The molecule has 0 fully saturated rings. The van der Waals surface area contributed by atoms with Crippen molar-refractivity contribution in [3.05, 3.63) is 59.7 Å². The Morgan fingerprint density at radius 1 is 0.828 bits per heavy atom. The molecule has 2 rings (SSSR count). The Morgan fingerprint density at radius 3 is 1.90 bits per heavy atom. The van der Waals surface area contributed by atoms with Gasteiger partial charge in [0.1, 0.15) is 5.75 Å². The first-order chi connectivity index (χ1) is 13.6. The summed E-state index contributed by atoms with van der Waals surface area (Å²) in [5.74, 6) is 2.69. The van der Waals surface area contributed by atoms with Crippen molar-refractivity contribution in [2.24, 2.45) is 11.8 Å². The van der Waals surface area contributed by atoms with E-state index in [1.807, 2.05) is 30.3 Å². The largest absolute Gasteiger partial charge is 0.436 e. The smallest absolute Gasteiger partial charge is 0.299 e. The molecule has 0 aliphatic heterocycles. The van der Waals surface area contributed by atoms with Crippen molar-refractivity contribution in [2.75, 3.05) is 0 Å². The molecule has 3 atom stereocenters. The molecule has 0 saturated carbocycles. The summed E-state index contributed by atoms with van der Waals surface area (Å²) in [5, 5.41) is 0. The topological polar surface area (TPSA) is 29.5 Å². The fourth-order valence-electron chi connectivity index (χ4n) is 3.88. The quantitative estimate of drug-likeness (QED) is 0.368. The lowest BCUT2D eigenvalue weighted by atomic mass is 9.91. The fourth-order valence-corrected chi connectivity index (χ4v) is 7.65. The fraction of sp³-hybridized carbons (Fsp3) is 0.500. The van der Waals surface area contributed by atoms with E-state index in [0.29, 0.717) is 29.4 Å². The van der Waals surface area contributed by atoms with Gasteiger partial charge in [0.05, 0.1) is 0 Å². The molecule has 2 aromatic rings. The van der Waals surface area contributed by atoms with E-state index in [9.17, 15) is 4.89 Å². The van der Waals surface area contributed by atoms with Gasteiger partial charge in [-0.05, 0) is 83.0 Å². The predicted octanol–water partition coefficient (Wildman–Crippen LogP) is 8.37. The summed E-state index contributed by atoms with van der Waals surface area (Å²) in [4.78, 5) is 12.1. The molecule has 0 aliphatic rings. The highest BCUT2D eigenvalue weighted by atomic mass is 32.9. The van der Waals surface area contributed by atoms with Gasteiger partial charge in [-0.1, -0.05) is 77.9 Å². The molecule has 0 heterocycles. The van der Waals surface area contributed by atoms with Crippen molar-refractivity contribution >= 4 is 28.9 Å². The lowest BCUT2D eigenvalue weighted by Crippen LogP contribution is -2.02. The van der Waals surface area contributed by atoms with Crippen LogP contribution in [0.1, 0.15) is 77.3 Å². The first-order valence-electron chi connectivity index (χ1n) is 10.5. The summed E-state index contributed by atoms with van der Waals surface area (Å²) in [6, 6.07) is 16.2. The summed E-state index contributed by atoms with van der Waals surface area (Å²) < 4.78 is 6.10. The predicted molar refractivity (Wildman–Crippen MR) is 132 cm³/mol. The van der Waals surface area contributed by atoms with Gasteiger partial charge >= 0.3 is 0 Å². The minimum Gasteiger partial charge on any atom is -0.436 e. The Labute approximate surface area is 186 Å². The Balaban J connectivity index is 2.23. The summed E-state index contributed by atoms with van der Waals surface area (Å²) in [6.07, 6.45) is 2.17. The minimum absolute atomic E-state index is 0.351. The van der Waals surface area contributed by atoms with Crippen LogP contribution in [0.2, 0.25) is 0 Å². The van der Waals surface area contributed by atoms with Crippen molar-refractivity contribution in [1.29, 1.82) is 0 Å². The Bertz CT molecular complexity index is 770. The molecule has 0 radical (unpaired) electrons. The molecule has 2 nitrogen and oxygen atoms in total. The van der Waals surface area contributed by atoms with E-state index < -0.39 is 5.69 Å². The molecule has 5 heteroatoms. The highest BCUT2D eigenvalue weighted by Gasteiger charge is 2.24. The monoisotopic (exact) mass is 450 g/mol. The van der Waals surface area contributed by atoms with Crippen LogP contribution in [0.3, 0.4) is 0 Å². The summed E-state index contributed by atoms with van der Waals surface area (Å²) in [6.45, 7) is 13.4. The van der Waals surface area contributed by atoms with Gasteiger partial charge in [-0.25, -0.2) is 0 Å². The van der Waals surface area contributed by atoms with Crippen molar-refractivity contribution in [3.63, 3.8) is 0 Å². The van der Waals surface area contributed by atoms with Crippen molar-refractivity contribution in [2.45, 2.75) is 71.1 Å². The number of benzene rings is 2. The third-order valence-electron chi connectivity index (χ3n) is 4.98. The molecule has 0 amide bonds. The van der Waals surface area contributed by atoms with E-state index >= 15 is 0 Å². The third kappa shape index (κ3) is 7.75. The molecular weight excluding hydrogens is 415 g/mol. The normalized spacial score (nSPS) is 15.9. The second kappa shape index (κ2) is 11.0. The molecule has 29 heavy (non-hydrogen) atoms. The zero-order chi connectivity index (χ0) is 21.6. The van der Waals surface area contributed by atoms with Gasteiger partial charge in [-0.2, -0.15) is 0 Å². The average Bonchev–Trinajstić information content (AvgIpc) is 2.60. The van der Waals surface area contributed by atoms with Crippen LogP contribution in [0, 0.1) is 11.8 Å². The van der Waals surface area contributed by atoms with E-state index in [-0.39, 0.29) is 0 Å². The van der Waals surface area contributed by atoms with E-state index in [4.69, 9.17) is 16.3 Å². The molecule has 1 N–H and O–H groups in total. The van der Waals surface area contributed by atoms with Crippen LogP contribution >= 0.6 is 17.1 Å². The second-order valence-electron chi connectivity index (χ2n) is 8.79. The number of rotatable bonds is 10. The first kappa shape index (κ1) is 24.5. The van der Waals surface area contributed by atoms with Gasteiger partial charge in [-0.3, -0.25) is 0 Å². The standard InChI is InChI=1S/C24H35O2PS2/c1-17(2)15-19(5)21-11-7-9-13-23(21)26-27(25,28)29-24-14-10-8-12-22(24)20(6)16-18(3)4/h7-14,17-20H,15-16H2,1-6H3,(H,25,28). The Kier molecular flexibility index (Phi) is 9.28. The maximum Gasteiger partial charge on any atom is 0.299 e. The molecule has 0 aliphatic carbocycles. The molecule has 3 unspecified atom stereocenters. The lowest BCUT2D eigenvalue weighted by molar-refractivity contribution is 0.481. The van der Waals surface area contributed by atoms with Crippen LogP contribution in [0.5, 0.6) is 5.75 Å². The van der Waals surface area contributed by atoms with Crippen molar-refractivity contribution in [1.82, 2.24) is 0 Å². The lowest BCUT2D eigenvalue weighted by Gasteiger charge is -2.23. The molecule has 0 spiro atoms. The summed E-state index contributed by atoms with van der Waals surface area (Å²) in [7, 11) is 0. The minimum atomic E-state index is -3.09. The highest BCUT2D eigenvalue weighted by Crippen LogP contribution is 2.61. The maximum atomic E-state index is 11.1. The number of hydrogen-bond acceptors (Lipinski definition) is 3. The second-order valence-corrected chi connectivity index (χ2v) is 14.7. The van der Waals surface area contributed by atoms with Crippen LogP contribution in [0.4, 0.5) is 0 Å². The van der Waals surface area contributed by atoms with Gasteiger partial charge in [0.25, 0.3) is 5.69 Å². The van der Waals surface area contributed by atoms with Crippen molar-refractivity contribution < 1.29 is 9.42 Å². The van der Waals surface area contributed by atoms with Crippen LogP contribution in [-0.4, -0.2) is 4.89 Å². The zero-order valence-corrected chi connectivity index (χ0v) is 21.0. The Hall–Kier alpha value is -0.800. The number of para-hydroxylation sites is 1. The van der Waals surface area contributed by atoms with E-state index in [1.165, 1.54) is 16.9 Å². The van der Waals surface area contributed by atoms with Gasteiger partial charge in [-0.15, -0.1) is 0 Å². The maximum absolute atomic E-state index is 11.1. The molecule has 0 aromatic heterocycles. The number of hydrogen-bond donors (Lipinski definition) is 1. The highest BCUT2D eigenvalue weighted by molar-refractivity contribution is 8.67. The zero-order valence-electron chi connectivity index (χ0n) is 18.5. The van der Waals surface area contributed by atoms with Gasteiger partial charge in [0.2, 0.25) is 0 Å². The first-order valence-corrected chi connectivity index (χ1v) is 14.6. The van der Waals surface area contributed by atoms with Crippen LogP contribution in [0.25, 0.3) is 0 Å². The van der Waals surface area contributed by atoms with Crippen LogP contribution in [-0.2, 0) is 11.8 Å². The molecule has 0 bridgehead atoms. The van der Waals surface area contributed by atoms with Crippen LogP contribution < -0.4 is 4.52 Å². The van der Waals surface area contributed by atoms with Crippen LogP contribution in [0.15, 0.2) is 53.4 Å². The summed E-state index contributed by atoms with van der Waals surface area (Å²) >= 11 is 6.90. The van der Waals surface area contributed by atoms with Gasteiger partial charge < -0.3 is 9.42 Å². The third-order valence-corrected chi connectivity index (χ3v) is 8.60. The van der Waals surface area contributed by atoms with E-state index in [2.05, 4.69) is 59.7 Å². The van der Waals surface area contributed by atoms with E-state index in [1.54, 1.807) is 0 Å². The SMILES string of the molecule is CC(C)CC(C)c1ccccc1OP(O)(=S)Sc1ccccc1C(C)CC(C)C. The van der Waals surface area contributed by atoms with Gasteiger partial charge in [0.15, 0.2) is 0 Å². The molecule has 2 aromatic carbocycles. The Morgan fingerprint density at radius 2 is 1.31 bits per heavy atom. The summed E-state index contributed by atoms with van der Waals surface area (Å²) in [5.41, 5.74) is -0.735. The molecule has 160 valence electrons. The van der Waals surface area contributed by atoms with Crippen molar-refractivity contribution in [3.8, 4) is 5.75 Å². The molecule has 0 saturated heterocycles. The average molecular weight is 451 g/mol. The van der Waals surface area contributed by atoms with Gasteiger partial charge in [0, 0.05) is 4.90 Å². The molecular formula is C24H35O2PS2. The van der Waals surface area contributed by atoms with E-state index in [0.717, 1.165) is 23.3 Å².